The maximum atomic E-state index is 9.77. The molecule has 1 N–H and O–H groups in total. The minimum atomic E-state index is 0.235. The summed E-state index contributed by atoms with van der Waals surface area (Å²) in [6, 6.07) is 5.54. The number of hydrogen-bond acceptors (Lipinski definition) is 2. The third-order valence-corrected chi connectivity index (χ3v) is 3.28. The van der Waals surface area contributed by atoms with Gasteiger partial charge < -0.3 is 5.11 Å². The summed E-state index contributed by atoms with van der Waals surface area (Å²) in [6.45, 7) is 5.30. The zero-order chi connectivity index (χ0) is 10.8. The smallest absolute Gasteiger partial charge is 0.138 e. The van der Waals surface area contributed by atoms with Gasteiger partial charge in [-0.15, -0.1) is 0 Å². The first-order valence-corrected chi connectivity index (χ1v) is 5.73. The summed E-state index contributed by atoms with van der Waals surface area (Å²) in [5.41, 5.74) is 0.927. The van der Waals surface area contributed by atoms with E-state index in [9.17, 15) is 5.11 Å². The van der Waals surface area contributed by atoms with E-state index in [0.29, 0.717) is 5.02 Å². The summed E-state index contributed by atoms with van der Waals surface area (Å²) in [5.74, 6) is 1.00. The Balaban J connectivity index is 2.07. The standard InChI is InChI=1S/C12H16ClNO/c1-9-5-6-14(7-9)8-10-3-2-4-11(13)12(10)15/h2-4,9,15H,5-8H2,1H3. The van der Waals surface area contributed by atoms with Crippen LogP contribution >= 0.6 is 11.6 Å². The number of rotatable bonds is 2. The van der Waals surface area contributed by atoms with Crippen LogP contribution in [0.1, 0.15) is 18.9 Å². The fourth-order valence-electron chi connectivity index (χ4n) is 2.10. The highest BCUT2D eigenvalue weighted by atomic mass is 35.5. The zero-order valence-electron chi connectivity index (χ0n) is 8.91. The largest absolute Gasteiger partial charge is 0.506 e. The summed E-state index contributed by atoms with van der Waals surface area (Å²) in [7, 11) is 0. The van der Waals surface area contributed by atoms with Crippen LogP contribution in [0.3, 0.4) is 0 Å². The molecule has 0 spiro atoms. The minimum Gasteiger partial charge on any atom is -0.506 e. The Morgan fingerprint density at radius 2 is 2.33 bits per heavy atom. The molecular formula is C12H16ClNO. The van der Waals surface area contributed by atoms with Gasteiger partial charge in [0.2, 0.25) is 0 Å². The molecule has 0 amide bonds. The molecule has 1 atom stereocenters. The Kier molecular flexibility index (Phi) is 3.17. The molecule has 3 heteroatoms. The second kappa shape index (κ2) is 4.42. The van der Waals surface area contributed by atoms with Crippen molar-refractivity contribution in [1.82, 2.24) is 4.90 Å². The molecule has 0 aromatic heterocycles. The Morgan fingerprint density at radius 3 is 3.00 bits per heavy atom. The lowest BCUT2D eigenvalue weighted by Crippen LogP contribution is -2.19. The van der Waals surface area contributed by atoms with Crippen LogP contribution in [0, 0.1) is 5.92 Å². The van der Waals surface area contributed by atoms with Crippen LogP contribution in [0.2, 0.25) is 5.02 Å². The fourth-order valence-corrected chi connectivity index (χ4v) is 2.29. The molecule has 0 bridgehead atoms. The molecule has 1 saturated heterocycles. The lowest BCUT2D eigenvalue weighted by Gasteiger charge is -2.16. The van der Waals surface area contributed by atoms with Crippen LogP contribution in [-0.2, 0) is 6.54 Å². The van der Waals surface area contributed by atoms with Crippen LogP contribution in [0.25, 0.3) is 0 Å². The molecule has 0 aliphatic carbocycles. The van der Waals surface area contributed by atoms with E-state index in [1.165, 1.54) is 6.42 Å². The fraction of sp³-hybridized carbons (Fsp3) is 0.500. The maximum absolute atomic E-state index is 9.77. The zero-order valence-corrected chi connectivity index (χ0v) is 9.67. The molecule has 2 nitrogen and oxygen atoms in total. The molecule has 2 rings (SSSR count). The highest BCUT2D eigenvalue weighted by Crippen LogP contribution is 2.29. The SMILES string of the molecule is CC1CCN(Cc2cccc(Cl)c2O)C1. The summed E-state index contributed by atoms with van der Waals surface area (Å²) >= 11 is 5.86. The second-order valence-electron chi connectivity index (χ2n) is 4.38. The van der Waals surface area contributed by atoms with Crippen molar-refractivity contribution in [3.05, 3.63) is 28.8 Å². The summed E-state index contributed by atoms with van der Waals surface area (Å²) in [6.07, 6.45) is 1.25. The molecule has 0 saturated carbocycles. The Hall–Kier alpha value is -0.730. The molecule has 82 valence electrons. The van der Waals surface area contributed by atoms with Gasteiger partial charge in [-0.2, -0.15) is 0 Å². The van der Waals surface area contributed by atoms with Gasteiger partial charge in [-0.1, -0.05) is 30.7 Å². The number of benzene rings is 1. The van der Waals surface area contributed by atoms with Crippen LogP contribution in [-0.4, -0.2) is 23.1 Å². The van der Waals surface area contributed by atoms with E-state index in [1.807, 2.05) is 12.1 Å². The first-order valence-electron chi connectivity index (χ1n) is 5.35. The first-order chi connectivity index (χ1) is 7.16. The number of hydrogen-bond donors (Lipinski definition) is 1. The molecule has 1 aromatic rings. The first kappa shape index (κ1) is 10.8. The topological polar surface area (TPSA) is 23.5 Å². The molecule has 1 heterocycles. The van der Waals surface area contributed by atoms with Crippen LogP contribution in [0.5, 0.6) is 5.75 Å². The van der Waals surface area contributed by atoms with E-state index in [1.54, 1.807) is 6.07 Å². The Bertz CT molecular complexity index is 353. The van der Waals surface area contributed by atoms with Gasteiger partial charge in [0.05, 0.1) is 5.02 Å². The molecule has 1 fully saturated rings. The highest BCUT2D eigenvalue weighted by molar-refractivity contribution is 6.32. The third kappa shape index (κ3) is 2.44. The van der Waals surface area contributed by atoms with Crippen molar-refractivity contribution < 1.29 is 5.11 Å². The van der Waals surface area contributed by atoms with Crippen molar-refractivity contribution in [3.63, 3.8) is 0 Å². The van der Waals surface area contributed by atoms with Crippen molar-refractivity contribution in [3.8, 4) is 5.75 Å². The van der Waals surface area contributed by atoms with Gasteiger partial charge in [-0.3, -0.25) is 4.90 Å². The number of halogens is 1. The van der Waals surface area contributed by atoms with E-state index < -0.39 is 0 Å². The lowest BCUT2D eigenvalue weighted by atomic mass is 10.2. The van der Waals surface area contributed by atoms with E-state index in [2.05, 4.69) is 11.8 Å². The van der Waals surface area contributed by atoms with Crippen molar-refractivity contribution in [2.45, 2.75) is 19.9 Å². The van der Waals surface area contributed by atoms with Gasteiger partial charge in [-0.05, 0) is 24.9 Å². The molecule has 1 aromatic carbocycles. The summed E-state index contributed by atoms with van der Waals surface area (Å²) < 4.78 is 0. The summed E-state index contributed by atoms with van der Waals surface area (Å²) in [5, 5.41) is 10.2. The van der Waals surface area contributed by atoms with E-state index in [-0.39, 0.29) is 5.75 Å². The predicted molar refractivity (Wildman–Crippen MR) is 62.2 cm³/mol. The van der Waals surface area contributed by atoms with Gasteiger partial charge in [0.1, 0.15) is 5.75 Å². The van der Waals surface area contributed by atoms with Crippen molar-refractivity contribution in [1.29, 1.82) is 0 Å². The lowest BCUT2D eigenvalue weighted by molar-refractivity contribution is 0.314. The van der Waals surface area contributed by atoms with Crippen molar-refractivity contribution >= 4 is 11.6 Å². The average Bonchev–Trinajstić information content (AvgIpc) is 2.59. The second-order valence-corrected chi connectivity index (χ2v) is 4.78. The van der Waals surface area contributed by atoms with E-state index in [4.69, 9.17) is 11.6 Å². The number of likely N-dealkylation sites (tertiary alicyclic amines) is 1. The van der Waals surface area contributed by atoms with Crippen molar-refractivity contribution in [2.24, 2.45) is 5.92 Å². The molecule has 1 aliphatic heterocycles. The number of aromatic hydroxyl groups is 1. The van der Waals surface area contributed by atoms with E-state index >= 15 is 0 Å². The van der Waals surface area contributed by atoms with Gasteiger partial charge in [0, 0.05) is 18.7 Å². The number of nitrogens with zero attached hydrogens (tertiary/aromatic N) is 1. The summed E-state index contributed by atoms with van der Waals surface area (Å²) in [4.78, 5) is 2.36. The number of phenolic OH excluding ortho intramolecular Hbond substituents is 1. The third-order valence-electron chi connectivity index (χ3n) is 2.97. The molecule has 0 radical (unpaired) electrons. The van der Waals surface area contributed by atoms with Gasteiger partial charge in [0.15, 0.2) is 0 Å². The van der Waals surface area contributed by atoms with Gasteiger partial charge >= 0.3 is 0 Å². The van der Waals surface area contributed by atoms with Crippen LogP contribution in [0.4, 0.5) is 0 Å². The van der Waals surface area contributed by atoms with E-state index in [0.717, 1.165) is 31.1 Å². The molecule has 1 unspecified atom stereocenters. The number of phenols is 1. The Morgan fingerprint density at radius 1 is 1.53 bits per heavy atom. The van der Waals surface area contributed by atoms with Crippen LogP contribution < -0.4 is 0 Å². The van der Waals surface area contributed by atoms with Gasteiger partial charge in [-0.25, -0.2) is 0 Å². The Labute approximate surface area is 95.5 Å². The quantitative estimate of drug-likeness (QED) is 0.837. The number of para-hydroxylation sites is 1. The maximum Gasteiger partial charge on any atom is 0.138 e. The monoisotopic (exact) mass is 225 g/mol. The minimum absolute atomic E-state index is 0.235. The van der Waals surface area contributed by atoms with Gasteiger partial charge in [0.25, 0.3) is 0 Å². The normalized spacial score (nSPS) is 22.1. The highest BCUT2D eigenvalue weighted by Gasteiger charge is 2.19. The molecule has 1 aliphatic rings. The molecule has 15 heavy (non-hydrogen) atoms. The molecular weight excluding hydrogens is 210 g/mol. The van der Waals surface area contributed by atoms with Crippen molar-refractivity contribution in [2.75, 3.05) is 13.1 Å². The van der Waals surface area contributed by atoms with Crippen LogP contribution in [0.15, 0.2) is 18.2 Å². The predicted octanol–water partition coefficient (Wildman–Crippen LogP) is 2.89. The average molecular weight is 226 g/mol.